The van der Waals surface area contributed by atoms with Gasteiger partial charge in [-0.3, -0.25) is 4.98 Å². The van der Waals surface area contributed by atoms with E-state index in [0.29, 0.717) is 16.0 Å². The Bertz CT molecular complexity index is 1020. The summed E-state index contributed by atoms with van der Waals surface area (Å²) in [6.45, 7) is 6.38. The first-order chi connectivity index (χ1) is 12.9. The number of nitrogens with zero attached hydrogens (tertiary/aromatic N) is 4. The molecule has 1 aromatic carbocycles. The Morgan fingerprint density at radius 1 is 1.26 bits per heavy atom. The summed E-state index contributed by atoms with van der Waals surface area (Å²) < 4.78 is 1.84. The molecule has 0 fully saturated rings. The number of aromatic nitrogens is 2. The Hall–Kier alpha value is -1.95. The minimum atomic E-state index is 0.518. The standard InChI is InChI=1S/C20H20Cl2N4S/c1-13(2)9-14(3)25-26-19(17-10-15(21)6-7-18(17)22)12-27-20(26)24-16-5-4-8-23-11-16/h4-8,10-13H,9H2,1-3H3. The molecule has 3 rings (SSSR count). The van der Waals surface area contributed by atoms with Crippen LogP contribution in [0.25, 0.3) is 11.3 Å². The van der Waals surface area contributed by atoms with Crippen molar-refractivity contribution in [2.75, 3.05) is 0 Å². The van der Waals surface area contributed by atoms with Crippen LogP contribution in [-0.4, -0.2) is 15.4 Å². The van der Waals surface area contributed by atoms with Crippen LogP contribution in [0.3, 0.4) is 0 Å². The summed E-state index contributed by atoms with van der Waals surface area (Å²) in [6.07, 6.45) is 4.35. The largest absolute Gasteiger partial charge is 0.262 e. The van der Waals surface area contributed by atoms with Gasteiger partial charge in [-0.15, -0.1) is 11.3 Å². The topological polar surface area (TPSA) is 42.5 Å². The van der Waals surface area contributed by atoms with Crippen LogP contribution in [0, 0.1) is 5.92 Å². The van der Waals surface area contributed by atoms with E-state index in [1.165, 1.54) is 11.3 Å². The highest BCUT2D eigenvalue weighted by atomic mass is 35.5. The number of hydrogen-bond donors (Lipinski definition) is 0. The van der Waals surface area contributed by atoms with E-state index in [1.807, 2.05) is 35.2 Å². The molecule has 7 heteroatoms. The molecule has 0 saturated carbocycles. The van der Waals surface area contributed by atoms with Crippen molar-refractivity contribution < 1.29 is 0 Å². The van der Waals surface area contributed by atoms with Gasteiger partial charge < -0.3 is 0 Å². The average molecular weight is 419 g/mol. The van der Waals surface area contributed by atoms with Gasteiger partial charge in [-0.2, -0.15) is 5.10 Å². The van der Waals surface area contributed by atoms with Gasteiger partial charge in [-0.05, 0) is 49.6 Å². The maximum absolute atomic E-state index is 6.44. The van der Waals surface area contributed by atoms with Crippen LogP contribution >= 0.6 is 34.5 Å². The summed E-state index contributed by atoms with van der Waals surface area (Å²) in [4.78, 5) is 9.58. The zero-order valence-electron chi connectivity index (χ0n) is 15.4. The molecular weight excluding hydrogens is 399 g/mol. The van der Waals surface area contributed by atoms with E-state index in [2.05, 4.69) is 18.8 Å². The molecule has 4 nitrogen and oxygen atoms in total. The smallest absolute Gasteiger partial charge is 0.211 e. The van der Waals surface area contributed by atoms with Crippen LogP contribution in [0.1, 0.15) is 27.2 Å². The molecule has 0 amide bonds. The number of thiazole rings is 1. The summed E-state index contributed by atoms with van der Waals surface area (Å²) in [6, 6.07) is 9.19. The van der Waals surface area contributed by atoms with E-state index in [1.54, 1.807) is 24.5 Å². The maximum atomic E-state index is 6.44. The van der Waals surface area contributed by atoms with Gasteiger partial charge in [0.05, 0.1) is 22.6 Å². The molecular formula is C20H20Cl2N4S. The van der Waals surface area contributed by atoms with Gasteiger partial charge in [0.15, 0.2) is 0 Å². The highest BCUT2D eigenvalue weighted by Gasteiger charge is 2.13. The zero-order valence-corrected chi connectivity index (χ0v) is 17.7. The van der Waals surface area contributed by atoms with Crippen molar-refractivity contribution in [3.05, 3.63) is 63.0 Å². The molecule has 0 saturated heterocycles. The third-order valence-corrected chi connectivity index (χ3v) is 5.12. The first kappa shape index (κ1) is 19.8. The summed E-state index contributed by atoms with van der Waals surface area (Å²) in [7, 11) is 0. The van der Waals surface area contributed by atoms with Gasteiger partial charge in [-0.25, -0.2) is 9.67 Å². The van der Waals surface area contributed by atoms with Crippen LogP contribution in [0.4, 0.5) is 5.69 Å². The predicted molar refractivity (Wildman–Crippen MR) is 115 cm³/mol. The summed E-state index contributed by atoms with van der Waals surface area (Å²) >= 11 is 14.1. The minimum Gasteiger partial charge on any atom is -0.262 e. The molecule has 0 bridgehead atoms. The van der Waals surface area contributed by atoms with E-state index in [0.717, 1.165) is 33.9 Å². The van der Waals surface area contributed by atoms with E-state index in [-0.39, 0.29) is 0 Å². The fraction of sp³-hybridized carbons (Fsp3) is 0.250. The SMILES string of the molecule is CC(CC(C)C)=Nn1c(-c2cc(Cl)ccc2Cl)csc1=Nc1cccnc1. The fourth-order valence-corrected chi connectivity index (χ4v) is 3.91. The van der Waals surface area contributed by atoms with Gasteiger partial charge in [0, 0.05) is 27.9 Å². The van der Waals surface area contributed by atoms with Crippen LogP contribution in [0.5, 0.6) is 0 Å². The predicted octanol–water partition coefficient (Wildman–Crippen LogP) is 6.42. The van der Waals surface area contributed by atoms with Gasteiger partial charge in [0.25, 0.3) is 0 Å². The Kier molecular flexibility index (Phi) is 6.47. The molecule has 0 aliphatic rings. The minimum absolute atomic E-state index is 0.518. The van der Waals surface area contributed by atoms with Crippen molar-refractivity contribution in [3.63, 3.8) is 0 Å². The lowest BCUT2D eigenvalue weighted by Crippen LogP contribution is -2.14. The maximum Gasteiger partial charge on any atom is 0.211 e. The molecule has 0 aliphatic heterocycles. The lowest BCUT2D eigenvalue weighted by molar-refractivity contribution is 0.675. The van der Waals surface area contributed by atoms with Crippen LogP contribution in [0.15, 0.2) is 58.2 Å². The van der Waals surface area contributed by atoms with Gasteiger partial charge in [0.1, 0.15) is 0 Å². The lowest BCUT2D eigenvalue weighted by atomic mass is 10.1. The summed E-state index contributed by atoms with van der Waals surface area (Å²) in [5.41, 5.74) is 3.48. The molecule has 0 N–H and O–H groups in total. The summed E-state index contributed by atoms with van der Waals surface area (Å²) in [5.74, 6) is 0.518. The Morgan fingerprint density at radius 3 is 2.78 bits per heavy atom. The van der Waals surface area contributed by atoms with Gasteiger partial charge >= 0.3 is 0 Å². The molecule has 0 unspecified atom stereocenters. The molecule has 2 heterocycles. The van der Waals surface area contributed by atoms with Gasteiger partial charge in [0.2, 0.25) is 4.80 Å². The Balaban J connectivity index is 2.20. The van der Waals surface area contributed by atoms with Crippen molar-refractivity contribution in [3.8, 4) is 11.3 Å². The quantitative estimate of drug-likeness (QED) is 0.440. The second kappa shape index (κ2) is 8.83. The normalized spacial score (nSPS) is 12.8. The highest BCUT2D eigenvalue weighted by Crippen LogP contribution is 2.31. The monoisotopic (exact) mass is 418 g/mol. The van der Waals surface area contributed by atoms with E-state index >= 15 is 0 Å². The van der Waals surface area contributed by atoms with Gasteiger partial charge in [-0.1, -0.05) is 37.0 Å². The van der Waals surface area contributed by atoms with E-state index in [9.17, 15) is 0 Å². The molecule has 27 heavy (non-hydrogen) atoms. The van der Waals surface area contributed by atoms with Crippen LogP contribution in [-0.2, 0) is 0 Å². The van der Waals surface area contributed by atoms with Crippen molar-refractivity contribution in [2.24, 2.45) is 16.0 Å². The van der Waals surface area contributed by atoms with Crippen molar-refractivity contribution in [2.45, 2.75) is 27.2 Å². The van der Waals surface area contributed by atoms with E-state index in [4.69, 9.17) is 33.3 Å². The second-order valence-electron chi connectivity index (χ2n) is 6.60. The number of rotatable bonds is 5. The molecule has 140 valence electrons. The van der Waals surface area contributed by atoms with E-state index < -0.39 is 0 Å². The number of pyridine rings is 1. The second-order valence-corrected chi connectivity index (χ2v) is 8.28. The van der Waals surface area contributed by atoms with Crippen LogP contribution in [0.2, 0.25) is 10.0 Å². The highest BCUT2D eigenvalue weighted by molar-refractivity contribution is 7.07. The first-order valence-electron chi connectivity index (χ1n) is 8.59. The lowest BCUT2D eigenvalue weighted by Gasteiger charge is -2.09. The molecule has 0 radical (unpaired) electrons. The van der Waals surface area contributed by atoms with Crippen LogP contribution < -0.4 is 4.80 Å². The number of halogens is 2. The Labute approximate surface area is 172 Å². The molecule has 0 aliphatic carbocycles. The molecule has 2 aromatic heterocycles. The van der Waals surface area contributed by atoms with Crippen molar-refractivity contribution in [1.29, 1.82) is 0 Å². The fourth-order valence-electron chi connectivity index (χ4n) is 2.69. The zero-order chi connectivity index (χ0) is 19.4. The molecule has 3 aromatic rings. The molecule has 0 spiro atoms. The average Bonchev–Trinajstić information content (AvgIpc) is 2.99. The molecule has 0 atom stereocenters. The van der Waals surface area contributed by atoms with Crippen molar-refractivity contribution in [1.82, 2.24) is 9.66 Å². The first-order valence-corrected chi connectivity index (χ1v) is 10.2. The Morgan fingerprint density at radius 2 is 2.07 bits per heavy atom. The third-order valence-electron chi connectivity index (χ3n) is 3.73. The summed E-state index contributed by atoms with van der Waals surface area (Å²) in [5, 5.41) is 8.08. The number of benzene rings is 1. The third kappa shape index (κ3) is 5.06. The number of hydrogen-bond acceptors (Lipinski definition) is 4. The van der Waals surface area contributed by atoms with Crippen molar-refractivity contribution >= 4 is 45.9 Å².